The van der Waals surface area contributed by atoms with E-state index in [-0.39, 0.29) is 0 Å². The molecule has 1 heterocycles. The van der Waals surface area contributed by atoms with Crippen LogP contribution in [0.2, 0.25) is 0 Å². The molecule has 0 nitrogen and oxygen atoms in total. The maximum atomic E-state index is 2.32. The van der Waals surface area contributed by atoms with Crippen molar-refractivity contribution in [2.45, 2.75) is 39.5 Å². The molecule has 1 unspecified atom stereocenters. The van der Waals surface area contributed by atoms with Gasteiger partial charge in [-0.15, -0.1) is 11.3 Å². The average molecular weight is 168 g/mol. The summed E-state index contributed by atoms with van der Waals surface area (Å²) in [6.45, 7) is 6.78. The Labute approximate surface area is 73.3 Å². The van der Waals surface area contributed by atoms with E-state index in [1.54, 1.807) is 4.88 Å². The van der Waals surface area contributed by atoms with Gasteiger partial charge in [0.1, 0.15) is 0 Å². The van der Waals surface area contributed by atoms with Gasteiger partial charge in [-0.2, -0.15) is 0 Å². The molecule has 0 bridgehead atoms. The zero-order chi connectivity index (χ0) is 8.27. The molecule has 0 radical (unpaired) electrons. The molecular formula is C10H16S. The van der Waals surface area contributed by atoms with Crippen molar-refractivity contribution in [3.63, 3.8) is 0 Å². The van der Waals surface area contributed by atoms with E-state index in [1.165, 1.54) is 18.4 Å². The van der Waals surface area contributed by atoms with Crippen molar-refractivity contribution < 1.29 is 0 Å². The van der Waals surface area contributed by atoms with E-state index in [0.717, 1.165) is 5.92 Å². The smallest absolute Gasteiger partial charge is 0.0103 e. The molecule has 1 rings (SSSR count). The molecule has 0 N–H and O–H groups in total. The highest BCUT2D eigenvalue weighted by atomic mass is 32.1. The Balaban J connectivity index is 2.67. The molecule has 0 aliphatic heterocycles. The first kappa shape index (κ1) is 8.79. The SMILES string of the molecule is CCCC(C)c1sccc1C. The first-order valence-electron chi connectivity index (χ1n) is 4.29. The predicted octanol–water partition coefficient (Wildman–Crippen LogP) is 3.96. The molecule has 62 valence electrons. The third kappa shape index (κ3) is 2.06. The molecule has 0 aliphatic rings. The fourth-order valence-electron chi connectivity index (χ4n) is 1.45. The topological polar surface area (TPSA) is 0 Å². The molecule has 0 saturated heterocycles. The summed E-state index contributed by atoms with van der Waals surface area (Å²) in [5.74, 6) is 0.764. The molecule has 11 heavy (non-hydrogen) atoms. The lowest BCUT2D eigenvalue weighted by atomic mass is 10.0. The van der Waals surface area contributed by atoms with Gasteiger partial charge < -0.3 is 0 Å². The van der Waals surface area contributed by atoms with E-state index in [1.807, 2.05) is 11.3 Å². The second-order valence-electron chi connectivity index (χ2n) is 3.16. The first-order chi connectivity index (χ1) is 5.25. The Morgan fingerprint density at radius 3 is 2.73 bits per heavy atom. The zero-order valence-electron chi connectivity index (χ0n) is 7.55. The summed E-state index contributed by atoms with van der Waals surface area (Å²) in [6.07, 6.45) is 2.61. The molecule has 0 aliphatic carbocycles. The zero-order valence-corrected chi connectivity index (χ0v) is 8.37. The summed E-state index contributed by atoms with van der Waals surface area (Å²) < 4.78 is 0. The standard InChI is InChI=1S/C10H16S/c1-4-5-8(2)10-9(3)6-7-11-10/h6-8H,4-5H2,1-3H3. The van der Waals surface area contributed by atoms with E-state index in [9.17, 15) is 0 Å². The number of hydrogen-bond donors (Lipinski definition) is 0. The summed E-state index contributed by atoms with van der Waals surface area (Å²) in [5, 5.41) is 2.19. The Hall–Kier alpha value is -0.300. The lowest BCUT2D eigenvalue weighted by molar-refractivity contribution is 0.672. The minimum absolute atomic E-state index is 0.764. The van der Waals surface area contributed by atoms with Crippen LogP contribution in [0.4, 0.5) is 0 Å². The van der Waals surface area contributed by atoms with Gasteiger partial charge in [0, 0.05) is 4.88 Å². The number of rotatable bonds is 3. The first-order valence-corrected chi connectivity index (χ1v) is 5.17. The molecule has 0 fully saturated rings. The minimum atomic E-state index is 0.764. The highest BCUT2D eigenvalue weighted by molar-refractivity contribution is 7.10. The monoisotopic (exact) mass is 168 g/mol. The highest BCUT2D eigenvalue weighted by Crippen LogP contribution is 2.28. The molecular weight excluding hydrogens is 152 g/mol. The van der Waals surface area contributed by atoms with Gasteiger partial charge in [0.15, 0.2) is 0 Å². The van der Waals surface area contributed by atoms with Crippen LogP contribution in [0.25, 0.3) is 0 Å². The molecule has 1 heteroatoms. The van der Waals surface area contributed by atoms with E-state index in [4.69, 9.17) is 0 Å². The summed E-state index contributed by atoms with van der Waals surface area (Å²) in [5.41, 5.74) is 1.47. The quantitative estimate of drug-likeness (QED) is 0.641. The van der Waals surface area contributed by atoms with Crippen molar-refractivity contribution in [1.29, 1.82) is 0 Å². The fourth-order valence-corrected chi connectivity index (χ4v) is 2.48. The summed E-state index contributed by atoms with van der Waals surface area (Å²) in [6, 6.07) is 2.21. The van der Waals surface area contributed by atoms with Gasteiger partial charge in [-0.25, -0.2) is 0 Å². The molecule has 0 amide bonds. The molecule has 1 aromatic rings. The second kappa shape index (κ2) is 3.91. The van der Waals surface area contributed by atoms with Gasteiger partial charge in [0.25, 0.3) is 0 Å². The maximum absolute atomic E-state index is 2.32. The van der Waals surface area contributed by atoms with Crippen LogP contribution in [0.1, 0.15) is 43.0 Å². The molecule has 1 aromatic heterocycles. The minimum Gasteiger partial charge on any atom is -0.148 e. The predicted molar refractivity (Wildman–Crippen MR) is 52.4 cm³/mol. The maximum Gasteiger partial charge on any atom is 0.0103 e. The number of aryl methyl sites for hydroxylation is 1. The third-order valence-electron chi connectivity index (χ3n) is 2.07. The van der Waals surface area contributed by atoms with Gasteiger partial charge in [-0.05, 0) is 36.3 Å². The van der Waals surface area contributed by atoms with Crippen molar-refractivity contribution in [2.24, 2.45) is 0 Å². The molecule has 1 atom stereocenters. The van der Waals surface area contributed by atoms with Crippen LogP contribution in [0, 0.1) is 6.92 Å². The summed E-state index contributed by atoms with van der Waals surface area (Å²) >= 11 is 1.90. The van der Waals surface area contributed by atoms with Crippen molar-refractivity contribution >= 4 is 11.3 Å². The molecule has 0 spiro atoms. The fraction of sp³-hybridized carbons (Fsp3) is 0.600. The second-order valence-corrected chi connectivity index (χ2v) is 4.11. The normalized spacial score (nSPS) is 13.4. The van der Waals surface area contributed by atoms with E-state index >= 15 is 0 Å². The Morgan fingerprint density at radius 2 is 2.27 bits per heavy atom. The lowest BCUT2D eigenvalue weighted by Crippen LogP contribution is -1.90. The number of hydrogen-bond acceptors (Lipinski definition) is 1. The number of thiophene rings is 1. The van der Waals surface area contributed by atoms with Crippen LogP contribution in [0.3, 0.4) is 0 Å². The van der Waals surface area contributed by atoms with Gasteiger partial charge in [0.05, 0.1) is 0 Å². The average Bonchev–Trinajstić information content (AvgIpc) is 2.36. The molecule has 0 aromatic carbocycles. The van der Waals surface area contributed by atoms with E-state index in [2.05, 4.69) is 32.2 Å². The summed E-state index contributed by atoms with van der Waals surface area (Å²) in [7, 11) is 0. The van der Waals surface area contributed by atoms with Crippen LogP contribution in [0.15, 0.2) is 11.4 Å². The van der Waals surface area contributed by atoms with Crippen LogP contribution in [0.5, 0.6) is 0 Å². The van der Waals surface area contributed by atoms with Crippen LogP contribution >= 0.6 is 11.3 Å². The van der Waals surface area contributed by atoms with E-state index < -0.39 is 0 Å². The summed E-state index contributed by atoms with van der Waals surface area (Å²) in [4.78, 5) is 1.58. The van der Waals surface area contributed by atoms with Crippen molar-refractivity contribution in [3.05, 3.63) is 21.9 Å². The van der Waals surface area contributed by atoms with Crippen molar-refractivity contribution in [1.82, 2.24) is 0 Å². The van der Waals surface area contributed by atoms with Crippen LogP contribution in [-0.4, -0.2) is 0 Å². The van der Waals surface area contributed by atoms with Gasteiger partial charge in [-0.1, -0.05) is 20.3 Å². The van der Waals surface area contributed by atoms with Crippen LogP contribution in [-0.2, 0) is 0 Å². The van der Waals surface area contributed by atoms with Crippen molar-refractivity contribution in [2.75, 3.05) is 0 Å². The highest BCUT2D eigenvalue weighted by Gasteiger charge is 2.07. The van der Waals surface area contributed by atoms with Crippen LogP contribution < -0.4 is 0 Å². The Morgan fingerprint density at radius 1 is 1.55 bits per heavy atom. The van der Waals surface area contributed by atoms with Gasteiger partial charge >= 0.3 is 0 Å². The third-order valence-corrected chi connectivity index (χ3v) is 3.32. The Kier molecular flexibility index (Phi) is 3.13. The lowest BCUT2D eigenvalue weighted by Gasteiger charge is -2.08. The van der Waals surface area contributed by atoms with Gasteiger partial charge in [-0.3, -0.25) is 0 Å². The Bertz CT molecular complexity index is 212. The van der Waals surface area contributed by atoms with Crippen molar-refractivity contribution in [3.8, 4) is 0 Å². The van der Waals surface area contributed by atoms with E-state index in [0.29, 0.717) is 0 Å². The largest absolute Gasteiger partial charge is 0.148 e. The van der Waals surface area contributed by atoms with Gasteiger partial charge in [0.2, 0.25) is 0 Å². The molecule has 0 saturated carbocycles.